The Morgan fingerprint density at radius 1 is 0.868 bits per heavy atom. The topological polar surface area (TPSA) is 86.8 Å². The summed E-state index contributed by atoms with van der Waals surface area (Å²) in [5.74, 6) is -0.726. The van der Waals surface area contributed by atoms with Crippen LogP contribution in [0.5, 0.6) is 0 Å². The number of anilines is 1. The summed E-state index contributed by atoms with van der Waals surface area (Å²) in [4.78, 5) is 28.8. The van der Waals surface area contributed by atoms with Gasteiger partial charge in [-0.2, -0.15) is 0 Å². The van der Waals surface area contributed by atoms with E-state index in [-0.39, 0.29) is 23.4 Å². The standard InChI is InChI=1S/C30H37N3O4S/c1-6-27(30(35)31-22(2)3)32(20-25-15-9-7-10-16-25)29(34)21-33(28-19-13-14-23(4)24(28)5)38(36,37)26-17-11-8-12-18-26/h7-19,22,27H,6,20-21H2,1-5H3,(H,31,35). The molecule has 0 aliphatic carbocycles. The molecular formula is C30H37N3O4S. The summed E-state index contributed by atoms with van der Waals surface area (Å²) in [7, 11) is -4.08. The van der Waals surface area contributed by atoms with E-state index in [9.17, 15) is 18.0 Å². The fourth-order valence-electron chi connectivity index (χ4n) is 4.32. The average Bonchev–Trinajstić information content (AvgIpc) is 2.89. The maximum absolute atomic E-state index is 14.0. The SMILES string of the molecule is CCC(C(=O)NC(C)C)N(Cc1ccccc1)C(=O)CN(c1cccc(C)c1C)S(=O)(=O)c1ccccc1. The van der Waals surface area contributed by atoms with Gasteiger partial charge in [0.15, 0.2) is 0 Å². The van der Waals surface area contributed by atoms with E-state index in [0.717, 1.165) is 21.0 Å². The molecule has 3 aromatic carbocycles. The van der Waals surface area contributed by atoms with Crippen LogP contribution in [0.25, 0.3) is 0 Å². The lowest BCUT2D eigenvalue weighted by Gasteiger charge is -2.34. The normalized spacial score (nSPS) is 12.2. The first kappa shape index (κ1) is 28.9. The number of benzene rings is 3. The smallest absolute Gasteiger partial charge is 0.264 e. The molecule has 1 N–H and O–H groups in total. The zero-order chi connectivity index (χ0) is 27.9. The number of carbonyl (C=O) groups excluding carboxylic acids is 2. The Morgan fingerprint density at radius 2 is 1.47 bits per heavy atom. The second-order valence-electron chi connectivity index (χ2n) is 9.64. The fourth-order valence-corrected chi connectivity index (χ4v) is 5.81. The summed E-state index contributed by atoms with van der Waals surface area (Å²) < 4.78 is 29.0. The molecule has 0 spiro atoms. The van der Waals surface area contributed by atoms with Gasteiger partial charge in [-0.1, -0.05) is 67.6 Å². The van der Waals surface area contributed by atoms with Crippen LogP contribution in [0.4, 0.5) is 5.69 Å². The number of hydrogen-bond acceptors (Lipinski definition) is 4. The molecule has 0 radical (unpaired) electrons. The van der Waals surface area contributed by atoms with Gasteiger partial charge in [-0.05, 0) is 69.0 Å². The maximum Gasteiger partial charge on any atom is 0.264 e. The number of nitrogens with one attached hydrogen (secondary N) is 1. The summed E-state index contributed by atoms with van der Waals surface area (Å²) in [6, 6.07) is 22.0. The van der Waals surface area contributed by atoms with Gasteiger partial charge in [-0.25, -0.2) is 8.42 Å². The zero-order valence-electron chi connectivity index (χ0n) is 22.7. The summed E-state index contributed by atoms with van der Waals surface area (Å²) in [6.45, 7) is 9.05. The van der Waals surface area contributed by atoms with Gasteiger partial charge in [0.2, 0.25) is 11.8 Å². The molecule has 1 unspecified atom stereocenters. The predicted molar refractivity (Wildman–Crippen MR) is 151 cm³/mol. The minimum Gasteiger partial charge on any atom is -0.352 e. The molecule has 7 nitrogen and oxygen atoms in total. The van der Waals surface area contributed by atoms with Crippen LogP contribution in [0.1, 0.15) is 43.9 Å². The minimum atomic E-state index is -4.08. The Hall–Kier alpha value is -3.65. The lowest BCUT2D eigenvalue weighted by Crippen LogP contribution is -2.53. The Bertz CT molecular complexity index is 1340. The van der Waals surface area contributed by atoms with Gasteiger partial charge < -0.3 is 10.2 Å². The molecule has 3 aromatic rings. The largest absolute Gasteiger partial charge is 0.352 e. The van der Waals surface area contributed by atoms with Gasteiger partial charge in [-0.3, -0.25) is 13.9 Å². The molecule has 202 valence electrons. The number of carbonyl (C=O) groups is 2. The molecule has 1 atom stereocenters. The van der Waals surface area contributed by atoms with E-state index < -0.39 is 28.5 Å². The summed E-state index contributed by atoms with van der Waals surface area (Å²) >= 11 is 0. The molecular weight excluding hydrogens is 498 g/mol. The lowest BCUT2D eigenvalue weighted by molar-refractivity contribution is -0.140. The van der Waals surface area contributed by atoms with Gasteiger partial charge in [-0.15, -0.1) is 0 Å². The molecule has 38 heavy (non-hydrogen) atoms. The number of hydrogen-bond donors (Lipinski definition) is 1. The Balaban J connectivity index is 2.08. The van der Waals surface area contributed by atoms with Gasteiger partial charge in [0.05, 0.1) is 10.6 Å². The molecule has 0 aliphatic heterocycles. The van der Waals surface area contributed by atoms with Crippen LogP contribution in [-0.4, -0.2) is 43.8 Å². The first-order chi connectivity index (χ1) is 18.1. The Labute approximate surface area is 226 Å². The van der Waals surface area contributed by atoms with Crippen LogP contribution in [0.15, 0.2) is 83.8 Å². The van der Waals surface area contributed by atoms with Crippen molar-refractivity contribution >= 4 is 27.5 Å². The second-order valence-corrected chi connectivity index (χ2v) is 11.5. The molecule has 0 saturated heterocycles. The van der Waals surface area contributed by atoms with Crippen molar-refractivity contribution in [2.45, 2.75) is 64.6 Å². The van der Waals surface area contributed by atoms with Crippen molar-refractivity contribution in [2.75, 3.05) is 10.8 Å². The van der Waals surface area contributed by atoms with Crippen molar-refractivity contribution < 1.29 is 18.0 Å². The van der Waals surface area contributed by atoms with Gasteiger partial charge in [0.1, 0.15) is 12.6 Å². The minimum absolute atomic E-state index is 0.0907. The van der Waals surface area contributed by atoms with E-state index in [1.807, 2.05) is 71.0 Å². The monoisotopic (exact) mass is 535 g/mol. The average molecular weight is 536 g/mol. The van der Waals surface area contributed by atoms with Crippen LogP contribution in [0.2, 0.25) is 0 Å². The second kappa shape index (κ2) is 12.7. The van der Waals surface area contributed by atoms with Crippen molar-refractivity contribution in [3.05, 3.63) is 95.6 Å². The van der Waals surface area contributed by atoms with E-state index in [0.29, 0.717) is 12.1 Å². The fraction of sp³-hybridized carbons (Fsp3) is 0.333. The van der Waals surface area contributed by atoms with E-state index in [1.165, 1.54) is 17.0 Å². The number of aryl methyl sites for hydroxylation is 1. The molecule has 8 heteroatoms. The first-order valence-corrected chi connectivity index (χ1v) is 14.3. The van der Waals surface area contributed by atoms with Gasteiger partial charge in [0, 0.05) is 12.6 Å². The van der Waals surface area contributed by atoms with Crippen LogP contribution in [-0.2, 0) is 26.2 Å². The highest BCUT2D eigenvalue weighted by atomic mass is 32.2. The van der Waals surface area contributed by atoms with Crippen molar-refractivity contribution in [3.8, 4) is 0 Å². The van der Waals surface area contributed by atoms with E-state index in [2.05, 4.69) is 5.32 Å². The van der Waals surface area contributed by atoms with Crippen molar-refractivity contribution in [1.82, 2.24) is 10.2 Å². The van der Waals surface area contributed by atoms with Crippen molar-refractivity contribution in [2.24, 2.45) is 0 Å². The third-order valence-electron chi connectivity index (χ3n) is 6.47. The van der Waals surface area contributed by atoms with Gasteiger partial charge >= 0.3 is 0 Å². The number of nitrogens with zero attached hydrogens (tertiary/aromatic N) is 2. The Morgan fingerprint density at radius 3 is 2.05 bits per heavy atom. The molecule has 0 fully saturated rings. The molecule has 0 saturated carbocycles. The number of rotatable bonds is 11. The predicted octanol–water partition coefficient (Wildman–Crippen LogP) is 4.83. The highest BCUT2D eigenvalue weighted by Gasteiger charge is 2.34. The maximum atomic E-state index is 14.0. The van der Waals surface area contributed by atoms with E-state index >= 15 is 0 Å². The van der Waals surface area contributed by atoms with Crippen molar-refractivity contribution in [3.63, 3.8) is 0 Å². The van der Waals surface area contributed by atoms with Gasteiger partial charge in [0.25, 0.3) is 10.0 Å². The molecule has 0 heterocycles. The lowest BCUT2D eigenvalue weighted by atomic mass is 10.1. The van der Waals surface area contributed by atoms with Crippen LogP contribution in [0, 0.1) is 13.8 Å². The third-order valence-corrected chi connectivity index (χ3v) is 8.24. The Kier molecular flexibility index (Phi) is 9.69. The van der Waals surface area contributed by atoms with Crippen molar-refractivity contribution in [1.29, 1.82) is 0 Å². The van der Waals surface area contributed by atoms with Crippen LogP contribution in [0.3, 0.4) is 0 Å². The van der Waals surface area contributed by atoms with Crippen LogP contribution >= 0.6 is 0 Å². The molecule has 0 aromatic heterocycles. The molecule has 0 bridgehead atoms. The zero-order valence-corrected chi connectivity index (χ0v) is 23.5. The molecule has 0 aliphatic rings. The summed E-state index contributed by atoms with van der Waals surface area (Å²) in [6.07, 6.45) is 0.381. The van der Waals surface area contributed by atoms with E-state index in [4.69, 9.17) is 0 Å². The van der Waals surface area contributed by atoms with E-state index in [1.54, 1.807) is 30.3 Å². The molecule has 3 rings (SSSR count). The number of sulfonamides is 1. The summed E-state index contributed by atoms with van der Waals surface area (Å²) in [5, 5.41) is 2.91. The molecule has 2 amide bonds. The van der Waals surface area contributed by atoms with Crippen LogP contribution < -0.4 is 9.62 Å². The first-order valence-electron chi connectivity index (χ1n) is 12.8. The summed E-state index contributed by atoms with van der Waals surface area (Å²) in [5.41, 5.74) is 2.95. The number of amides is 2. The highest BCUT2D eigenvalue weighted by molar-refractivity contribution is 7.92. The third kappa shape index (κ3) is 6.81. The highest BCUT2D eigenvalue weighted by Crippen LogP contribution is 2.29. The quantitative estimate of drug-likeness (QED) is 0.381.